The second-order valence-electron chi connectivity index (χ2n) is 8.80. The third-order valence-electron chi connectivity index (χ3n) is 5.98. The Morgan fingerprint density at radius 2 is 1.61 bits per heavy atom. The van der Waals surface area contributed by atoms with E-state index in [0.717, 1.165) is 17.7 Å². The Morgan fingerprint density at radius 1 is 0.972 bits per heavy atom. The number of sulfonamides is 1. The smallest absolute Gasteiger partial charge is 0.341 e. The van der Waals surface area contributed by atoms with Gasteiger partial charge in [0, 0.05) is 45.1 Å². The van der Waals surface area contributed by atoms with Crippen molar-refractivity contribution in [3.05, 3.63) is 72.1 Å². The van der Waals surface area contributed by atoms with Crippen LogP contribution in [0.25, 0.3) is 11.1 Å². The van der Waals surface area contributed by atoms with Gasteiger partial charge in [0.15, 0.2) is 0 Å². The fraction of sp³-hybridized carbons (Fsp3) is 0.346. The van der Waals surface area contributed by atoms with Gasteiger partial charge >= 0.3 is 5.97 Å². The van der Waals surface area contributed by atoms with Crippen molar-refractivity contribution in [2.24, 2.45) is 0 Å². The summed E-state index contributed by atoms with van der Waals surface area (Å²) in [7, 11) is 0.426. The number of esters is 1. The lowest BCUT2D eigenvalue weighted by Crippen LogP contribution is -2.49. The number of nitrogens with zero attached hydrogens (tertiary/aromatic N) is 5. The van der Waals surface area contributed by atoms with Crippen molar-refractivity contribution in [2.45, 2.75) is 18.4 Å². The summed E-state index contributed by atoms with van der Waals surface area (Å²) in [5.41, 5.74) is 3.55. The van der Waals surface area contributed by atoms with Crippen LogP contribution in [0.4, 0.5) is 5.95 Å². The number of anilines is 1. The molecule has 0 spiro atoms. The van der Waals surface area contributed by atoms with Gasteiger partial charge in [0.2, 0.25) is 16.0 Å². The molecule has 0 atom stereocenters. The lowest BCUT2D eigenvalue weighted by molar-refractivity contribution is 0.0525. The van der Waals surface area contributed by atoms with Crippen molar-refractivity contribution in [2.75, 3.05) is 51.8 Å². The van der Waals surface area contributed by atoms with Crippen LogP contribution in [0.3, 0.4) is 0 Å². The zero-order valence-corrected chi connectivity index (χ0v) is 21.6. The minimum absolute atomic E-state index is 0.278. The van der Waals surface area contributed by atoms with E-state index in [1.807, 2.05) is 43.3 Å². The van der Waals surface area contributed by atoms with E-state index in [2.05, 4.69) is 27.0 Å². The molecule has 0 aliphatic carbocycles. The topological polar surface area (TPSA) is 95.9 Å². The van der Waals surface area contributed by atoms with Crippen LogP contribution in [0, 0.1) is 0 Å². The van der Waals surface area contributed by atoms with Gasteiger partial charge in [-0.2, -0.15) is 4.31 Å². The largest absolute Gasteiger partial charge is 0.462 e. The Morgan fingerprint density at radius 3 is 2.22 bits per heavy atom. The maximum Gasteiger partial charge on any atom is 0.341 e. The van der Waals surface area contributed by atoms with Crippen molar-refractivity contribution in [1.29, 1.82) is 0 Å². The maximum atomic E-state index is 13.3. The van der Waals surface area contributed by atoms with Crippen LogP contribution in [-0.4, -0.2) is 80.4 Å². The van der Waals surface area contributed by atoms with E-state index in [9.17, 15) is 13.2 Å². The van der Waals surface area contributed by atoms with E-state index in [1.54, 1.807) is 19.1 Å². The second kappa shape index (κ2) is 11.2. The highest BCUT2D eigenvalue weighted by atomic mass is 32.2. The third kappa shape index (κ3) is 5.72. The van der Waals surface area contributed by atoms with Gasteiger partial charge in [-0.25, -0.2) is 23.2 Å². The normalized spacial score (nSPS) is 14.7. The molecular formula is C26H31N5O4S. The first-order valence-corrected chi connectivity index (χ1v) is 13.3. The van der Waals surface area contributed by atoms with E-state index < -0.39 is 16.0 Å². The van der Waals surface area contributed by atoms with Gasteiger partial charge in [-0.05, 0) is 49.8 Å². The Balaban J connectivity index is 1.42. The van der Waals surface area contributed by atoms with E-state index in [1.165, 1.54) is 22.3 Å². The summed E-state index contributed by atoms with van der Waals surface area (Å²) < 4.78 is 33.0. The highest BCUT2D eigenvalue weighted by Gasteiger charge is 2.29. The fourth-order valence-corrected chi connectivity index (χ4v) is 5.59. The quantitative estimate of drug-likeness (QED) is 0.428. The number of carbonyl (C=O) groups is 1. The third-order valence-corrected chi connectivity index (χ3v) is 7.89. The molecule has 1 fully saturated rings. The van der Waals surface area contributed by atoms with Crippen LogP contribution >= 0.6 is 0 Å². The van der Waals surface area contributed by atoms with Crippen LogP contribution in [0.15, 0.2) is 65.8 Å². The minimum Gasteiger partial charge on any atom is -0.462 e. The molecule has 0 saturated carbocycles. The van der Waals surface area contributed by atoms with Gasteiger partial charge in [-0.3, -0.25) is 0 Å². The van der Waals surface area contributed by atoms with E-state index in [4.69, 9.17) is 4.74 Å². The van der Waals surface area contributed by atoms with Crippen LogP contribution in [-0.2, 0) is 21.3 Å². The van der Waals surface area contributed by atoms with Crippen molar-refractivity contribution >= 4 is 21.9 Å². The molecule has 4 rings (SSSR count). The first-order chi connectivity index (χ1) is 17.3. The molecular weight excluding hydrogens is 478 g/mol. The van der Waals surface area contributed by atoms with E-state index in [0.29, 0.717) is 32.1 Å². The van der Waals surface area contributed by atoms with Crippen molar-refractivity contribution < 1.29 is 17.9 Å². The van der Waals surface area contributed by atoms with Crippen LogP contribution in [0.2, 0.25) is 0 Å². The predicted octanol–water partition coefficient (Wildman–Crippen LogP) is 2.89. The molecule has 190 valence electrons. The zero-order chi connectivity index (χ0) is 25.7. The Bertz CT molecular complexity index is 1290. The molecule has 2 heterocycles. The molecule has 1 aromatic heterocycles. The summed E-state index contributed by atoms with van der Waals surface area (Å²) in [5.74, 6) is -0.00647. The van der Waals surface area contributed by atoms with Gasteiger partial charge in [0.05, 0.1) is 17.1 Å². The average Bonchev–Trinajstić information content (AvgIpc) is 2.89. The lowest BCUT2D eigenvalue weighted by atomic mass is 9.99. The Kier molecular flexibility index (Phi) is 7.97. The van der Waals surface area contributed by atoms with Crippen LogP contribution in [0.1, 0.15) is 22.8 Å². The second-order valence-corrected chi connectivity index (χ2v) is 10.7. The summed E-state index contributed by atoms with van der Waals surface area (Å²) in [4.78, 5) is 24.6. The molecule has 36 heavy (non-hydrogen) atoms. The number of ether oxygens (including phenoxy) is 1. The first kappa shape index (κ1) is 25.7. The Hall–Kier alpha value is -3.34. The molecule has 9 nitrogen and oxygen atoms in total. The maximum absolute atomic E-state index is 13.3. The lowest BCUT2D eigenvalue weighted by Gasteiger charge is -2.34. The molecule has 10 heteroatoms. The molecule has 0 bridgehead atoms. The van der Waals surface area contributed by atoms with E-state index in [-0.39, 0.29) is 17.1 Å². The number of aromatic nitrogens is 2. The molecule has 1 saturated heterocycles. The molecule has 3 aromatic rings. The first-order valence-electron chi connectivity index (χ1n) is 11.9. The van der Waals surface area contributed by atoms with Gasteiger partial charge in [-0.15, -0.1) is 0 Å². The predicted molar refractivity (Wildman–Crippen MR) is 138 cm³/mol. The Labute approximate surface area is 212 Å². The molecule has 0 N–H and O–H groups in total. The number of piperazine rings is 1. The molecule has 1 aliphatic heterocycles. The fourth-order valence-electron chi connectivity index (χ4n) is 4.17. The van der Waals surface area contributed by atoms with Crippen molar-refractivity contribution in [1.82, 2.24) is 19.2 Å². The molecule has 0 radical (unpaired) electrons. The minimum atomic E-state index is -3.62. The number of rotatable bonds is 8. The number of hydrogen-bond donors (Lipinski definition) is 0. The highest BCUT2D eigenvalue weighted by Crippen LogP contribution is 2.27. The summed E-state index contributed by atoms with van der Waals surface area (Å²) in [5, 5.41) is 0. The zero-order valence-electron chi connectivity index (χ0n) is 20.8. The van der Waals surface area contributed by atoms with Crippen LogP contribution in [0.5, 0.6) is 0 Å². The summed E-state index contributed by atoms with van der Waals surface area (Å²) >= 11 is 0. The van der Waals surface area contributed by atoms with E-state index >= 15 is 0 Å². The monoisotopic (exact) mass is 509 g/mol. The summed E-state index contributed by atoms with van der Waals surface area (Å²) in [6.45, 7) is 4.36. The van der Waals surface area contributed by atoms with Gasteiger partial charge in [0.1, 0.15) is 0 Å². The number of benzene rings is 2. The number of carbonyl (C=O) groups excluding carboxylic acids is 1. The summed E-state index contributed by atoms with van der Waals surface area (Å²) in [6.07, 6.45) is 2.86. The average molecular weight is 510 g/mol. The van der Waals surface area contributed by atoms with Gasteiger partial charge in [-0.1, -0.05) is 36.4 Å². The van der Waals surface area contributed by atoms with Crippen LogP contribution < -0.4 is 4.90 Å². The van der Waals surface area contributed by atoms with Gasteiger partial charge in [0.25, 0.3) is 0 Å². The highest BCUT2D eigenvalue weighted by molar-refractivity contribution is 7.89. The number of hydrogen-bond acceptors (Lipinski definition) is 8. The van der Waals surface area contributed by atoms with Gasteiger partial charge < -0.3 is 14.5 Å². The molecule has 1 aliphatic rings. The van der Waals surface area contributed by atoms with Crippen molar-refractivity contribution in [3.8, 4) is 11.1 Å². The molecule has 2 aromatic carbocycles. The summed E-state index contributed by atoms with van der Waals surface area (Å²) in [6, 6.07) is 15.3. The molecule has 0 unspecified atom stereocenters. The SMILES string of the molecule is CCOC(=O)c1cnc(N2CCN(S(=O)(=O)c3ccc(-c4ccccc4CN(C)C)cc3)CC2)nc1. The molecule has 0 amide bonds. The van der Waals surface area contributed by atoms with Crippen molar-refractivity contribution in [3.63, 3.8) is 0 Å². The standard InChI is InChI=1S/C26H31N5O4S/c1-4-35-25(32)22-17-27-26(28-18-22)30-13-15-31(16-14-30)36(33,34)23-11-9-20(10-12-23)24-8-6-5-7-21(24)19-29(2)3/h5-12,17-18H,4,13-16,19H2,1-3H3.